The Balaban J connectivity index is 2.64. The zero-order valence-corrected chi connectivity index (χ0v) is 10.1. The lowest BCUT2D eigenvalue weighted by Crippen LogP contribution is -2.01. The summed E-state index contributed by atoms with van der Waals surface area (Å²) in [6.45, 7) is 0. The van der Waals surface area contributed by atoms with Gasteiger partial charge >= 0.3 is 5.97 Å². The molecule has 5 heteroatoms. The number of pyridine rings is 1. The molecule has 0 unspecified atom stereocenters. The number of benzene rings is 1. The van der Waals surface area contributed by atoms with E-state index in [-0.39, 0.29) is 16.8 Å². The summed E-state index contributed by atoms with van der Waals surface area (Å²) in [6, 6.07) is 7.43. The third-order valence-corrected chi connectivity index (χ3v) is 2.65. The van der Waals surface area contributed by atoms with Crippen molar-refractivity contribution < 1.29 is 14.3 Å². The molecule has 1 aromatic heterocycles. The van der Waals surface area contributed by atoms with Gasteiger partial charge in [-0.25, -0.2) is 9.18 Å². The third kappa shape index (κ3) is 2.34. The minimum atomic E-state index is -1.11. The molecule has 1 N–H and O–H groups in total. The van der Waals surface area contributed by atoms with E-state index in [9.17, 15) is 9.18 Å². The van der Waals surface area contributed by atoms with Gasteiger partial charge in [-0.05, 0) is 28.1 Å². The normalized spacial score (nSPS) is 10.2. The van der Waals surface area contributed by atoms with Crippen LogP contribution in [0, 0.1) is 5.82 Å². The van der Waals surface area contributed by atoms with E-state index in [1.165, 1.54) is 24.4 Å². The molecular formula is C12H7BrFNO2. The predicted molar refractivity (Wildman–Crippen MR) is 64.3 cm³/mol. The van der Waals surface area contributed by atoms with E-state index in [1.807, 2.05) is 0 Å². The fourth-order valence-electron chi connectivity index (χ4n) is 1.49. The number of hydrogen-bond acceptors (Lipinski definition) is 2. The molecule has 0 saturated heterocycles. The molecule has 0 atom stereocenters. The summed E-state index contributed by atoms with van der Waals surface area (Å²) >= 11 is 3.10. The summed E-state index contributed by atoms with van der Waals surface area (Å²) in [6.07, 6.45) is 1.43. The SMILES string of the molecule is O=C(O)c1ccccc1-c1ncc(Br)cc1F. The predicted octanol–water partition coefficient (Wildman–Crippen LogP) is 3.35. The van der Waals surface area contributed by atoms with Crippen molar-refractivity contribution in [1.29, 1.82) is 0 Å². The highest BCUT2D eigenvalue weighted by Crippen LogP contribution is 2.25. The first-order valence-corrected chi connectivity index (χ1v) is 5.52. The van der Waals surface area contributed by atoms with Crippen LogP contribution in [-0.4, -0.2) is 16.1 Å². The molecule has 0 aliphatic heterocycles. The molecule has 86 valence electrons. The Morgan fingerprint density at radius 2 is 2.06 bits per heavy atom. The minimum Gasteiger partial charge on any atom is -0.478 e. The molecule has 2 aromatic rings. The number of aromatic nitrogens is 1. The van der Waals surface area contributed by atoms with E-state index >= 15 is 0 Å². The van der Waals surface area contributed by atoms with Gasteiger partial charge in [0.05, 0.1) is 5.56 Å². The van der Waals surface area contributed by atoms with Gasteiger partial charge in [0.2, 0.25) is 0 Å². The van der Waals surface area contributed by atoms with Gasteiger partial charge in [-0.1, -0.05) is 18.2 Å². The van der Waals surface area contributed by atoms with Crippen LogP contribution in [0.1, 0.15) is 10.4 Å². The lowest BCUT2D eigenvalue weighted by molar-refractivity contribution is 0.0697. The molecule has 0 spiro atoms. The molecule has 0 aliphatic carbocycles. The maximum atomic E-state index is 13.7. The van der Waals surface area contributed by atoms with Crippen molar-refractivity contribution in [2.45, 2.75) is 0 Å². The molecule has 3 nitrogen and oxygen atoms in total. The second-order valence-corrected chi connectivity index (χ2v) is 4.25. The Morgan fingerprint density at radius 3 is 2.71 bits per heavy atom. The largest absolute Gasteiger partial charge is 0.478 e. The summed E-state index contributed by atoms with van der Waals surface area (Å²) in [5, 5.41) is 9.01. The van der Waals surface area contributed by atoms with Crippen LogP contribution in [0.15, 0.2) is 41.0 Å². The highest BCUT2D eigenvalue weighted by atomic mass is 79.9. The first kappa shape index (κ1) is 11.7. The monoisotopic (exact) mass is 295 g/mol. The van der Waals surface area contributed by atoms with Crippen LogP contribution in [0.4, 0.5) is 4.39 Å². The molecule has 1 aromatic carbocycles. The van der Waals surface area contributed by atoms with Crippen LogP contribution in [0.2, 0.25) is 0 Å². The number of hydrogen-bond donors (Lipinski definition) is 1. The van der Waals surface area contributed by atoms with Crippen molar-refractivity contribution in [3.05, 3.63) is 52.4 Å². The molecule has 0 saturated carbocycles. The number of carboxylic acid groups (broad SMARTS) is 1. The topological polar surface area (TPSA) is 50.2 Å². The average Bonchev–Trinajstić information content (AvgIpc) is 2.29. The minimum absolute atomic E-state index is 0.0289. The summed E-state index contributed by atoms with van der Waals surface area (Å²) in [7, 11) is 0. The molecule has 0 bridgehead atoms. The number of nitrogens with zero attached hydrogens (tertiary/aromatic N) is 1. The first-order valence-electron chi connectivity index (χ1n) is 4.73. The van der Waals surface area contributed by atoms with Crippen LogP contribution in [0.5, 0.6) is 0 Å². The third-order valence-electron chi connectivity index (χ3n) is 2.22. The zero-order chi connectivity index (χ0) is 12.4. The molecule has 0 radical (unpaired) electrons. The van der Waals surface area contributed by atoms with Crippen molar-refractivity contribution in [2.24, 2.45) is 0 Å². The zero-order valence-electron chi connectivity index (χ0n) is 8.52. The molecule has 0 amide bonds. The lowest BCUT2D eigenvalue weighted by atomic mass is 10.0. The molecule has 17 heavy (non-hydrogen) atoms. The number of halogens is 2. The maximum absolute atomic E-state index is 13.7. The maximum Gasteiger partial charge on any atom is 0.336 e. The van der Waals surface area contributed by atoms with Gasteiger partial charge < -0.3 is 5.11 Å². The summed E-state index contributed by atoms with van der Waals surface area (Å²) in [4.78, 5) is 14.9. The Labute approximate surface area is 105 Å². The second kappa shape index (κ2) is 4.63. The molecule has 0 aliphatic rings. The van der Waals surface area contributed by atoms with Gasteiger partial charge in [0.25, 0.3) is 0 Å². The second-order valence-electron chi connectivity index (χ2n) is 3.33. The Kier molecular flexibility index (Phi) is 3.19. The average molecular weight is 296 g/mol. The Morgan fingerprint density at radius 1 is 1.35 bits per heavy atom. The van der Waals surface area contributed by atoms with E-state index in [0.717, 1.165) is 0 Å². The fourth-order valence-corrected chi connectivity index (χ4v) is 1.79. The van der Waals surface area contributed by atoms with Crippen molar-refractivity contribution >= 4 is 21.9 Å². The van der Waals surface area contributed by atoms with Gasteiger partial charge in [-0.3, -0.25) is 4.98 Å². The van der Waals surface area contributed by atoms with Crippen molar-refractivity contribution in [2.75, 3.05) is 0 Å². The van der Waals surface area contributed by atoms with Crippen LogP contribution >= 0.6 is 15.9 Å². The van der Waals surface area contributed by atoms with Crippen LogP contribution in [0.25, 0.3) is 11.3 Å². The van der Waals surface area contributed by atoms with Gasteiger partial charge in [0.1, 0.15) is 5.69 Å². The van der Waals surface area contributed by atoms with Crippen molar-refractivity contribution in [3.8, 4) is 11.3 Å². The summed E-state index contributed by atoms with van der Waals surface area (Å²) in [5.41, 5.74) is 0.331. The summed E-state index contributed by atoms with van der Waals surface area (Å²) in [5.74, 6) is -1.67. The van der Waals surface area contributed by atoms with Crippen LogP contribution < -0.4 is 0 Å². The van der Waals surface area contributed by atoms with E-state index in [2.05, 4.69) is 20.9 Å². The van der Waals surface area contributed by atoms with Crippen LogP contribution in [0.3, 0.4) is 0 Å². The first-order chi connectivity index (χ1) is 8.09. The fraction of sp³-hybridized carbons (Fsp3) is 0. The number of carbonyl (C=O) groups is 1. The lowest BCUT2D eigenvalue weighted by Gasteiger charge is -2.06. The van der Waals surface area contributed by atoms with Crippen molar-refractivity contribution in [3.63, 3.8) is 0 Å². The standard InChI is InChI=1S/C12H7BrFNO2/c13-7-5-10(14)11(15-6-7)8-3-1-2-4-9(8)12(16)17/h1-6H,(H,16,17). The van der Waals surface area contributed by atoms with Crippen molar-refractivity contribution in [1.82, 2.24) is 4.98 Å². The molecular weight excluding hydrogens is 289 g/mol. The molecule has 1 heterocycles. The van der Waals surface area contributed by atoms with Gasteiger partial charge in [0.15, 0.2) is 5.82 Å². The summed E-state index contributed by atoms with van der Waals surface area (Å²) < 4.78 is 14.2. The molecule has 0 fully saturated rings. The van der Waals surface area contributed by atoms with Gasteiger partial charge in [-0.15, -0.1) is 0 Å². The quantitative estimate of drug-likeness (QED) is 0.924. The van der Waals surface area contributed by atoms with E-state index < -0.39 is 11.8 Å². The number of carboxylic acids is 1. The van der Waals surface area contributed by atoms with E-state index in [1.54, 1.807) is 12.1 Å². The number of rotatable bonds is 2. The highest BCUT2D eigenvalue weighted by molar-refractivity contribution is 9.10. The van der Waals surface area contributed by atoms with Gasteiger partial charge in [0, 0.05) is 16.2 Å². The van der Waals surface area contributed by atoms with E-state index in [4.69, 9.17) is 5.11 Å². The number of aromatic carboxylic acids is 1. The highest BCUT2D eigenvalue weighted by Gasteiger charge is 2.15. The van der Waals surface area contributed by atoms with Crippen LogP contribution in [-0.2, 0) is 0 Å². The smallest absolute Gasteiger partial charge is 0.336 e. The van der Waals surface area contributed by atoms with E-state index in [0.29, 0.717) is 4.47 Å². The Bertz CT molecular complexity index is 586. The van der Waals surface area contributed by atoms with Gasteiger partial charge in [-0.2, -0.15) is 0 Å². The Hall–Kier alpha value is -1.75. The molecule has 2 rings (SSSR count).